The van der Waals surface area contributed by atoms with Gasteiger partial charge in [0.05, 0.1) is 29.8 Å². The molecule has 0 atom stereocenters. The summed E-state index contributed by atoms with van der Waals surface area (Å²) in [5, 5.41) is 15.6. The van der Waals surface area contributed by atoms with Gasteiger partial charge in [0, 0.05) is 23.4 Å². The number of benzene rings is 3. The van der Waals surface area contributed by atoms with Crippen molar-refractivity contribution in [2.24, 2.45) is 5.10 Å². The second-order valence-electron chi connectivity index (χ2n) is 6.92. The van der Waals surface area contributed by atoms with Gasteiger partial charge >= 0.3 is 0 Å². The molecule has 0 saturated heterocycles. The predicted octanol–water partition coefficient (Wildman–Crippen LogP) is 4.39. The van der Waals surface area contributed by atoms with E-state index in [-0.39, 0.29) is 27.5 Å². The van der Waals surface area contributed by atoms with Gasteiger partial charge in [-0.2, -0.15) is 5.10 Å². The van der Waals surface area contributed by atoms with E-state index in [1.54, 1.807) is 18.2 Å². The lowest BCUT2D eigenvalue weighted by Gasteiger charge is -2.10. The number of halogens is 1. The first-order valence-electron chi connectivity index (χ1n) is 9.74. The van der Waals surface area contributed by atoms with Crippen LogP contribution in [0.2, 0.25) is 0 Å². The van der Waals surface area contributed by atoms with E-state index in [1.807, 2.05) is 0 Å². The minimum atomic E-state index is -4.11. The summed E-state index contributed by atoms with van der Waals surface area (Å²) in [5.41, 5.74) is 2.55. The molecule has 3 aromatic carbocycles. The standard InChI is InChI=1S/C22H21FN4O6S/c1-14(19-10-8-17(33-3)12-20(19)23)24-25-21-11-9-18(13-22(21)27(28)29)34(30,31)26-15-4-6-16(32-2)7-5-15/h4-13,25-26H,1-3H3/b24-14+. The van der Waals surface area contributed by atoms with E-state index in [2.05, 4.69) is 15.2 Å². The maximum absolute atomic E-state index is 14.2. The van der Waals surface area contributed by atoms with Crippen molar-refractivity contribution in [3.05, 3.63) is 82.2 Å². The SMILES string of the molecule is COc1ccc(NS(=O)(=O)c2ccc(N/N=C(\C)c3ccc(OC)cc3F)c([N+](=O)[O-])c2)cc1. The minimum absolute atomic E-state index is 0.0679. The molecule has 0 aliphatic carbocycles. The summed E-state index contributed by atoms with van der Waals surface area (Å²) in [6.45, 7) is 1.52. The fourth-order valence-electron chi connectivity index (χ4n) is 2.92. The molecule has 0 unspecified atom stereocenters. The van der Waals surface area contributed by atoms with Crippen LogP contribution >= 0.6 is 0 Å². The Bertz CT molecular complexity index is 1340. The highest BCUT2D eigenvalue weighted by atomic mass is 32.2. The highest BCUT2D eigenvalue weighted by molar-refractivity contribution is 7.92. The van der Waals surface area contributed by atoms with Crippen LogP contribution in [0.5, 0.6) is 11.5 Å². The van der Waals surface area contributed by atoms with Crippen LogP contribution in [0.1, 0.15) is 12.5 Å². The number of nitro benzene ring substituents is 1. The molecule has 0 bridgehead atoms. The molecule has 0 radical (unpaired) electrons. The van der Waals surface area contributed by atoms with E-state index in [0.29, 0.717) is 11.5 Å². The summed E-state index contributed by atoms with van der Waals surface area (Å²) in [6.07, 6.45) is 0. The van der Waals surface area contributed by atoms with Gasteiger partial charge in [-0.25, -0.2) is 12.8 Å². The first-order chi connectivity index (χ1) is 16.1. The number of nitrogens with one attached hydrogen (secondary N) is 2. The lowest BCUT2D eigenvalue weighted by Crippen LogP contribution is -2.13. The Kier molecular flexibility index (Phi) is 7.31. The van der Waals surface area contributed by atoms with Crippen LogP contribution in [0.4, 0.5) is 21.5 Å². The Labute approximate surface area is 195 Å². The topological polar surface area (TPSA) is 132 Å². The molecule has 0 aliphatic heterocycles. The predicted molar refractivity (Wildman–Crippen MR) is 126 cm³/mol. The van der Waals surface area contributed by atoms with E-state index >= 15 is 0 Å². The second-order valence-corrected chi connectivity index (χ2v) is 8.61. The van der Waals surface area contributed by atoms with Crippen molar-refractivity contribution in [2.45, 2.75) is 11.8 Å². The van der Waals surface area contributed by atoms with Gasteiger partial charge < -0.3 is 9.47 Å². The zero-order valence-corrected chi connectivity index (χ0v) is 19.2. The number of sulfonamides is 1. The Morgan fingerprint density at radius 2 is 1.65 bits per heavy atom. The van der Waals surface area contributed by atoms with Gasteiger partial charge in [-0.05, 0) is 55.5 Å². The lowest BCUT2D eigenvalue weighted by atomic mass is 10.1. The highest BCUT2D eigenvalue weighted by Crippen LogP contribution is 2.29. The normalized spacial score (nSPS) is 11.6. The Balaban J connectivity index is 1.86. The third-order valence-corrected chi connectivity index (χ3v) is 6.11. The number of rotatable bonds is 9. The number of nitrogens with zero attached hydrogens (tertiary/aromatic N) is 2. The number of hydrogen-bond donors (Lipinski definition) is 2. The van der Waals surface area contributed by atoms with Gasteiger partial charge in [-0.15, -0.1) is 0 Å². The van der Waals surface area contributed by atoms with Crippen LogP contribution in [0.3, 0.4) is 0 Å². The van der Waals surface area contributed by atoms with Crippen molar-refractivity contribution in [1.29, 1.82) is 0 Å². The molecule has 0 aromatic heterocycles. The van der Waals surface area contributed by atoms with Crippen LogP contribution in [0, 0.1) is 15.9 Å². The molecule has 0 heterocycles. The molecule has 0 saturated carbocycles. The molecule has 2 N–H and O–H groups in total. The van der Waals surface area contributed by atoms with Gasteiger partial charge in [0.2, 0.25) is 0 Å². The van der Waals surface area contributed by atoms with Crippen molar-refractivity contribution < 1.29 is 27.2 Å². The fraction of sp³-hybridized carbons (Fsp3) is 0.136. The summed E-state index contributed by atoms with van der Waals surface area (Å²) in [4.78, 5) is 10.5. The average molecular weight is 488 g/mol. The molecule has 3 rings (SSSR count). The van der Waals surface area contributed by atoms with Crippen LogP contribution < -0.4 is 19.6 Å². The molecule has 0 aliphatic rings. The second kappa shape index (κ2) is 10.2. The van der Waals surface area contributed by atoms with Gasteiger partial charge in [0.25, 0.3) is 15.7 Å². The first-order valence-corrected chi connectivity index (χ1v) is 11.2. The maximum Gasteiger partial charge on any atom is 0.295 e. The first kappa shape index (κ1) is 24.5. The maximum atomic E-state index is 14.2. The van der Waals surface area contributed by atoms with Gasteiger partial charge in [-0.3, -0.25) is 20.3 Å². The lowest BCUT2D eigenvalue weighted by molar-refractivity contribution is -0.384. The molecule has 10 nitrogen and oxygen atoms in total. The molecule has 0 fully saturated rings. The molecule has 0 spiro atoms. The zero-order chi connectivity index (χ0) is 24.9. The number of methoxy groups -OCH3 is 2. The summed E-state index contributed by atoms with van der Waals surface area (Å²) in [6, 6.07) is 13.6. The number of anilines is 2. The van der Waals surface area contributed by atoms with E-state index in [4.69, 9.17) is 9.47 Å². The average Bonchev–Trinajstić information content (AvgIpc) is 2.82. The van der Waals surface area contributed by atoms with Gasteiger partial charge in [0.15, 0.2) is 0 Å². The third-order valence-electron chi connectivity index (χ3n) is 4.73. The fourth-order valence-corrected chi connectivity index (χ4v) is 4.00. The van der Waals surface area contributed by atoms with Crippen LogP contribution in [-0.2, 0) is 10.0 Å². The van der Waals surface area contributed by atoms with E-state index in [9.17, 15) is 22.9 Å². The van der Waals surface area contributed by atoms with Crippen molar-refractivity contribution >= 4 is 32.8 Å². The van der Waals surface area contributed by atoms with Crippen molar-refractivity contribution in [3.8, 4) is 11.5 Å². The monoisotopic (exact) mass is 488 g/mol. The van der Waals surface area contributed by atoms with Crippen LogP contribution in [0.25, 0.3) is 0 Å². The highest BCUT2D eigenvalue weighted by Gasteiger charge is 2.22. The third kappa shape index (κ3) is 5.59. The van der Waals surface area contributed by atoms with Crippen molar-refractivity contribution in [2.75, 3.05) is 24.4 Å². The van der Waals surface area contributed by atoms with Crippen LogP contribution in [0.15, 0.2) is 70.7 Å². The van der Waals surface area contributed by atoms with E-state index in [0.717, 1.165) is 6.07 Å². The summed E-state index contributed by atoms with van der Waals surface area (Å²) in [5.74, 6) is 0.292. The Morgan fingerprint density at radius 3 is 2.24 bits per heavy atom. The molecule has 0 amide bonds. The van der Waals surface area contributed by atoms with E-state index in [1.165, 1.54) is 57.5 Å². The van der Waals surface area contributed by atoms with Gasteiger partial charge in [0.1, 0.15) is 23.0 Å². The van der Waals surface area contributed by atoms with Crippen molar-refractivity contribution in [3.63, 3.8) is 0 Å². The number of hydrazone groups is 1. The molecule has 3 aromatic rings. The summed E-state index contributed by atoms with van der Waals surface area (Å²) >= 11 is 0. The molecular weight excluding hydrogens is 467 g/mol. The minimum Gasteiger partial charge on any atom is -0.497 e. The zero-order valence-electron chi connectivity index (χ0n) is 18.4. The Hall–Kier alpha value is -4.19. The molecular formula is C22H21FN4O6S. The quantitative estimate of drug-likeness (QED) is 0.259. The molecule has 34 heavy (non-hydrogen) atoms. The summed E-state index contributed by atoms with van der Waals surface area (Å²) in [7, 11) is -1.22. The largest absolute Gasteiger partial charge is 0.497 e. The summed E-state index contributed by atoms with van der Waals surface area (Å²) < 4.78 is 52.0. The number of nitro groups is 1. The Morgan fingerprint density at radius 1 is 1.00 bits per heavy atom. The molecule has 12 heteroatoms. The smallest absolute Gasteiger partial charge is 0.295 e. The number of hydrogen-bond acceptors (Lipinski definition) is 8. The van der Waals surface area contributed by atoms with Crippen molar-refractivity contribution in [1.82, 2.24) is 0 Å². The van der Waals surface area contributed by atoms with Crippen LogP contribution in [-0.4, -0.2) is 33.3 Å². The van der Waals surface area contributed by atoms with E-state index < -0.39 is 26.5 Å². The number of ether oxygens (including phenoxy) is 2. The van der Waals surface area contributed by atoms with Gasteiger partial charge in [-0.1, -0.05) is 0 Å². The molecule has 178 valence electrons.